The Morgan fingerprint density at radius 2 is 2.00 bits per heavy atom. The monoisotopic (exact) mass is 240 g/mol. The molecule has 1 aliphatic rings. The third kappa shape index (κ3) is 2.09. The molecule has 0 aliphatic carbocycles. The van der Waals surface area contributed by atoms with Crippen LogP contribution in [0.5, 0.6) is 0 Å². The van der Waals surface area contributed by atoms with Crippen molar-refractivity contribution in [2.45, 2.75) is 26.0 Å². The highest BCUT2D eigenvalue weighted by atomic mass is 16.7. The number of rotatable bonds is 3. The van der Waals surface area contributed by atoms with Crippen LogP contribution in [-0.2, 0) is 11.3 Å². The second-order valence-electron chi connectivity index (χ2n) is 4.47. The summed E-state index contributed by atoms with van der Waals surface area (Å²) in [6, 6.07) is 14.8. The van der Waals surface area contributed by atoms with Gasteiger partial charge in [-0.05, 0) is 22.8 Å². The van der Waals surface area contributed by atoms with Crippen molar-refractivity contribution in [2.24, 2.45) is 4.99 Å². The highest BCUT2D eigenvalue weighted by Gasteiger charge is 2.16. The standard InChI is InChI=1S/C15H16N2O/c1-2-15-16-14(17-18-15)10-12-8-5-7-11-6-3-4-9-13(11)12/h3-9,15H,2,10H2,1H3,(H,16,17). The van der Waals surface area contributed by atoms with E-state index in [9.17, 15) is 0 Å². The van der Waals surface area contributed by atoms with Gasteiger partial charge in [-0.2, -0.15) is 0 Å². The Labute approximate surface area is 106 Å². The van der Waals surface area contributed by atoms with Crippen LogP contribution in [0.4, 0.5) is 0 Å². The van der Waals surface area contributed by atoms with Crippen molar-refractivity contribution in [3.8, 4) is 0 Å². The number of benzene rings is 2. The number of nitrogens with one attached hydrogen (secondary N) is 1. The summed E-state index contributed by atoms with van der Waals surface area (Å²) in [5.41, 5.74) is 4.20. The van der Waals surface area contributed by atoms with Crippen LogP contribution in [0.25, 0.3) is 10.8 Å². The number of fused-ring (bicyclic) bond motifs is 1. The molecule has 0 saturated heterocycles. The number of amidine groups is 1. The first-order valence-corrected chi connectivity index (χ1v) is 6.32. The lowest BCUT2D eigenvalue weighted by Crippen LogP contribution is -2.20. The normalized spacial score (nSPS) is 18.7. The maximum atomic E-state index is 5.35. The van der Waals surface area contributed by atoms with Crippen LogP contribution in [0.3, 0.4) is 0 Å². The van der Waals surface area contributed by atoms with E-state index in [4.69, 9.17) is 4.84 Å². The predicted molar refractivity (Wildman–Crippen MR) is 73.4 cm³/mol. The fourth-order valence-corrected chi connectivity index (χ4v) is 2.25. The highest BCUT2D eigenvalue weighted by molar-refractivity contribution is 5.92. The van der Waals surface area contributed by atoms with E-state index in [1.165, 1.54) is 16.3 Å². The van der Waals surface area contributed by atoms with Gasteiger partial charge >= 0.3 is 0 Å². The van der Waals surface area contributed by atoms with E-state index < -0.39 is 0 Å². The minimum atomic E-state index is -0.0324. The fourth-order valence-electron chi connectivity index (χ4n) is 2.25. The first kappa shape index (κ1) is 11.2. The SMILES string of the molecule is CCC1N=C(Cc2cccc3ccccc23)NO1. The zero-order valence-corrected chi connectivity index (χ0v) is 10.4. The van der Waals surface area contributed by atoms with Gasteiger partial charge in [-0.15, -0.1) is 0 Å². The summed E-state index contributed by atoms with van der Waals surface area (Å²) in [4.78, 5) is 9.84. The van der Waals surface area contributed by atoms with E-state index >= 15 is 0 Å². The Balaban J connectivity index is 1.91. The molecule has 2 aromatic rings. The topological polar surface area (TPSA) is 33.6 Å². The molecule has 1 N–H and O–H groups in total. The van der Waals surface area contributed by atoms with Crippen molar-refractivity contribution in [2.75, 3.05) is 0 Å². The molecule has 2 aromatic carbocycles. The quantitative estimate of drug-likeness (QED) is 0.894. The Hall–Kier alpha value is -1.87. The van der Waals surface area contributed by atoms with E-state index in [1.807, 2.05) is 0 Å². The van der Waals surface area contributed by atoms with E-state index in [2.05, 4.69) is 59.9 Å². The minimum absolute atomic E-state index is 0.0324. The number of hydrogen-bond donors (Lipinski definition) is 1. The first-order valence-electron chi connectivity index (χ1n) is 6.32. The molecule has 3 rings (SSSR count). The summed E-state index contributed by atoms with van der Waals surface area (Å²) in [6.45, 7) is 2.07. The van der Waals surface area contributed by atoms with Crippen LogP contribution in [0, 0.1) is 0 Å². The van der Waals surface area contributed by atoms with Crippen LogP contribution >= 0.6 is 0 Å². The van der Waals surface area contributed by atoms with Crippen molar-refractivity contribution in [3.05, 3.63) is 48.0 Å². The van der Waals surface area contributed by atoms with Gasteiger partial charge in [0.05, 0.1) is 0 Å². The van der Waals surface area contributed by atoms with E-state index in [1.54, 1.807) is 0 Å². The average molecular weight is 240 g/mol. The lowest BCUT2D eigenvalue weighted by Gasteiger charge is -2.06. The average Bonchev–Trinajstić information content (AvgIpc) is 2.87. The molecule has 92 valence electrons. The minimum Gasteiger partial charge on any atom is -0.250 e. The zero-order chi connectivity index (χ0) is 12.4. The Morgan fingerprint density at radius 3 is 2.83 bits per heavy atom. The molecule has 0 bridgehead atoms. The maximum absolute atomic E-state index is 5.35. The van der Waals surface area contributed by atoms with Crippen LogP contribution in [0.2, 0.25) is 0 Å². The number of nitrogens with zero attached hydrogens (tertiary/aromatic N) is 1. The zero-order valence-electron chi connectivity index (χ0n) is 10.4. The van der Waals surface area contributed by atoms with Gasteiger partial charge in [0.25, 0.3) is 0 Å². The Kier molecular flexibility index (Phi) is 2.99. The first-order chi connectivity index (χ1) is 8.86. The molecule has 3 nitrogen and oxygen atoms in total. The van der Waals surface area contributed by atoms with Gasteiger partial charge < -0.3 is 0 Å². The third-order valence-electron chi connectivity index (χ3n) is 3.20. The van der Waals surface area contributed by atoms with Gasteiger partial charge in [-0.3, -0.25) is 5.48 Å². The molecular weight excluding hydrogens is 224 g/mol. The van der Waals surface area contributed by atoms with E-state index in [0.717, 1.165) is 18.7 Å². The summed E-state index contributed by atoms with van der Waals surface area (Å²) < 4.78 is 0. The number of hydrogen-bond acceptors (Lipinski definition) is 3. The summed E-state index contributed by atoms with van der Waals surface area (Å²) in [5.74, 6) is 0.915. The Bertz CT molecular complexity index is 587. The van der Waals surface area contributed by atoms with Gasteiger partial charge in [0.1, 0.15) is 5.84 Å². The van der Waals surface area contributed by atoms with Crippen LogP contribution in [0.15, 0.2) is 47.5 Å². The van der Waals surface area contributed by atoms with E-state index in [0.29, 0.717) is 0 Å². The fraction of sp³-hybridized carbons (Fsp3) is 0.267. The third-order valence-corrected chi connectivity index (χ3v) is 3.20. The van der Waals surface area contributed by atoms with Crippen molar-refractivity contribution in [1.29, 1.82) is 0 Å². The lowest BCUT2D eigenvalue weighted by atomic mass is 10.0. The number of hydroxylamine groups is 1. The van der Waals surface area contributed by atoms with Gasteiger partial charge in [-0.1, -0.05) is 49.4 Å². The second kappa shape index (κ2) is 4.78. The molecule has 0 radical (unpaired) electrons. The molecule has 0 aromatic heterocycles. The van der Waals surface area contributed by atoms with Crippen LogP contribution in [0.1, 0.15) is 18.9 Å². The van der Waals surface area contributed by atoms with Crippen LogP contribution in [-0.4, -0.2) is 12.1 Å². The predicted octanol–water partition coefficient (Wildman–Crippen LogP) is 3.05. The molecule has 1 atom stereocenters. The molecule has 3 heteroatoms. The molecule has 1 heterocycles. The smallest absolute Gasteiger partial charge is 0.176 e. The number of aliphatic imine (C=N–C) groups is 1. The molecule has 1 aliphatic heterocycles. The summed E-state index contributed by atoms with van der Waals surface area (Å²) >= 11 is 0. The molecule has 0 saturated carbocycles. The van der Waals surface area contributed by atoms with Crippen molar-refractivity contribution >= 4 is 16.6 Å². The molecule has 0 fully saturated rings. The molecule has 1 unspecified atom stereocenters. The lowest BCUT2D eigenvalue weighted by molar-refractivity contribution is 0.0359. The second-order valence-corrected chi connectivity index (χ2v) is 4.47. The summed E-state index contributed by atoms with van der Waals surface area (Å²) in [7, 11) is 0. The largest absolute Gasteiger partial charge is 0.250 e. The molecule has 0 amide bonds. The van der Waals surface area contributed by atoms with Crippen molar-refractivity contribution in [3.63, 3.8) is 0 Å². The Morgan fingerprint density at radius 1 is 1.17 bits per heavy atom. The van der Waals surface area contributed by atoms with Gasteiger partial charge in [0.15, 0.2) is 6.23 Å². The van der Waals surface area contributed by atoms with Crippen molar-refractivity contribution < 1.29 is 4.84 Å². The van der Waals surface area contributed by atoms with Crippen molar-refractivity contribution in [1.82, 2.24) is 5.48 Å². The summed E-state index contributed by atoms with van der Waals surface area (Å²) in [5, 5.41) is 2.55. The maximum Gasteiger partial charge on any atom is 0.176 e. The van der Waals surface area contributed by atoms with Crippen LogP contribution < -0.4 is 5.48 Å². The highest BCUT2D eigenvalue weighted by Crippen LogP contribution is 2.20. The van der Waals surface area contributed by atoms with Gasteiger partial charge in [0.2, 0.25) is 0 Å². The molecule has 18 heavy (non-hydrogen) atoms. The molecule has 0 spiro atoms. The summed E-state index contributed by atoms with van der Waals surface area (Å²) in [6.07, 6.45) is 1.65. The van der Waals surface area contributed by atoms with Gasteiger partial charge in [-0.25, -0.2) is 9.83 Å². The molecular formula is C15H16N2O. The van der Waals surface area contributed by atoms with E-state index in [-0.39, 0.29) is 6.23 Å². The van der Waals surface area contributed by atoms with Gasteiger partial charge in [0, 0.05) is 6.42 Å².